The number of halogens is 12. The Morgan fingerprint density at radius 3 is 1.00 bits per heavy atom. The molecule has 0 aliphatic rings. The Bertz CT molecular complexity index is 249. The van der Waals surface area contributed by atoms with E-state index in [-0.39, 0.29) is 6.92 Å². The zero-order valence-electron chi connectivity index (χ0n) is 10.7. The topological polar surface area (TPSA) is 0 Å². The van der Waals surface area contributed by atoms with E-state index in [4.69, 9.17) is 0 Å². The lowest BCUT2D eigenvalue weighted by Gasteiger charge is -2.27. The van der Waals surface area contributed by atoms with Gasteiger partial charge in [-0.15, -0.1) is 0 Å². The fourth-order valence-corrected chi connectivity index (χ4v) is 0.715. The van der Waals surface area contributed by atoms with Crippen molar-refractivity contribution in [2.75, 3.05) is 20.5 Å². The van der Waals surface area contributed by atoms with Crippen LogP contribution in [0.2, 0.25) is 0 Å². The third-order valence-electron chi connectivity index (χ3n) is 1.46. The van der Waals surface area contributed by atoms with E-state index in [0.717, 1.165) is 0 Å². The Balaban J connectivity index is -0.000000339. The first kappa shape index (κ1) is 25.1. The molecular formula is C9H12F12. The minimum Gasteiger partial charge on any atom is -0.255 e. The van der Waals surface area contributed by atoms with Crippen LogP contribution in [0.25, 0.3) is 0 Å². The number of hydrogen-bond donors (Lipinski definition) is 0. The number of alkyl halides is 12. The average Bonchev–Trinajstić information content (AvgIpc) is 2.28. The highest BCUT2D eigenvalue weighted by Crippen LogP contribution is 2.41. The Kier molecular flexibility index (Phi) is 11.1. The molecule has 0 amide bonds. The van der Waals surface area contributed by atoms with Gasteiger partial charge in [-0.25, -0.2) is 22.0 Å². The summed E-state index contributed by atoms with van der Waals surface area (Å²) in [6.45, 7) is -4.63. The van der Waals surface area contributed by atoms with Crippen molar-refractivity contribution < 1.29 is 52.7 Å². The van der Waals surface area contributed by atoms with E-state index in [2.05, 4.69) is 0 Å². The Morgan fingerprint density at radius 1 is 0.667 bits per heavy atom. The van der Waals surface area contributed by atoms with Crippen LogP contribution in [0.4, 0.5) is 52.7 Å². The van der Waals surface area contributed by atoms with Gasteiger partial charge in [-0.05, 0) is 6.92 Å². The Hall–Kier alpha value is -0.840. The van der Waals surface area contributed by atoms with Gasteiger partial charge in [-0.1, -0.05) is 0 Å². The normalized spacial score (nSPS) is 15.1. The average molecular weight is 348 g/mol. The predicted octanol–water partition coefficient (Wildman–Crippen LogP) is 5.38. The van der Waals surface area contributed by atoms with Gasteiger partial charge >= 0.3 is 12.4 Å². The molecule has 0 nitrogen and oxygen atoms in total. The summed E-state index contributed by atoms with van der Waals surface area (Å²) < 4.78 is 134. The first-order valence-corrected chi connectivity index (χ1v) is 4.78. The predicted molar refractivity (Wildman–Crippen MR) is 50.2 cm³/mol. The number of rotatable bonds is 3. The van der Waals surface area contributed by atoms with Gasteiger partial charge in [0.05, 0.1) is 13.6 Å². The van der Waals surface area contributed by atoms with Gasteiger partial charge in [0.15, 0.2) is 6.67 Å². The van der Waals surface area contributed by atoms with Crippen molar-refractivity contribution in [1.29, 1.82) is 0 Å². The molecule has 0 spiro atoms. The van der Waals surface area contributed by atoms with Gasteiger partial charge in [-0.3, -0.25) is 4.39 Å². The van der Waals surface area contributed by atoms with Crippen molar-refractivity contribution in [3.8, 4) is 0 Å². The summed E-state index contributed by atoms with van der Waals surface area (Å²) >= 11 is 0. The summed E-state index contributed by atoms with van der Waals surface area (Å²) in [5, 5.41) is 0. The summed E-state index contributed by atoms with van der Waals surface area (Å²) in [7, 11) is 0.500. The molecule has 0 N–H and O–H groups in total. The molecule has 132 valence electrons. The van der Waals surface area contributed by atoms with Crippen LogP contribution in [-0.4, -0.2) is 44.5 Å². The smallest absolute Gasteiger partial charge is 0.255 e. The summed E-state index contributed by atoms with van der Waals surface area (Å²) in [4.78, 5) is 0. The highest BCUT2D eigenvalue weighted by molar-refractivity contribution is 4.90. The van der Waals surface area contributed by atoms with E-state index in [9.17, 15) is 52.7 Å². The second-order valence-electron chi connectivity index (χ2n) is 3.59. The van der Waals surface area contributed by atoms with Crippen molar-refractivity contribution in [3.63, 3.8) is 0 Å². The van der Waals surface area contributed by atoms with E-state index in [1.54, 1.807) is 0 Å². The maximum absolute atomic E-state index is 12.5. The van der Waals surface area contributed by atoms with E-state index in [1.807, 2.05) is 0 Å². The van der Waals surface area contributed by atoms with E-state index in [0.29, 0.717) is 7.18 Å². The molecule has 0 bridgehead atoms. The lowest BCUT2D eigenvalue weighted by atomic mass is 9.99. The van der Waals surface area contributed by atoms with Gasteiger partial charge in [0.1, 0.15) is 6.67 Å². The van der Waals surface area contributed by atoms with Crippen molar-refractivity contribution >= 4 is 0 Å². The van der Waals surface area contributed by atoms with E-state index in [1.165, 1.54) is 0 Å². The molecule has 0 aromatic carbocycles. The van der Waals surface area contributed by atoms with Crippen LogP contribution in [0.3, 0.4) is 0 Å². The molecule has 21 heavy (non-hydrogen) atoms. The van der Waals surface area contributed by atoms with Gasteiger partial charge in [0.25, 0.3) is 0 Å². The Morgan fingerprint density at radius 2 is 0.952 bits per heavy atom. The molecule has 1 unspecified atom stereocenters. The van der Waals surface area contributed by atoms with Gasteiger partial charge in [-0.2, -0.15) is 26.3 Å². The van der Waals surface area contributed by atoms with Gasteiger partial charge < -0.3 is 0 Å². The first-order valence-electron chi connectivity index (χ1n) is 4.78. The van der Waals surface area contributed by atoms with Crippen LogP contribution in [0.5, 0.6) is 0 Å². The minimum atomic E-state index is -5.61. The lowest BCUT2D eigenvalue weighted by molar-refractivity contribution is -0.252. The SMILES string of the molecule is CC(F)(F)CC(F)(CF)C(F)(F)F.CF.FCC(F)(F)F. The lowest BCUT2D eigenvalue weighted by Crippen LogP contribution is -2.46. The monoisotopic (exact) mass is 348 g/mol. The fraction of sp³-hybridized carbons (Fsp3) is 1.00. The second kappa shape index (κ2) is 9.23. The molecule has 0 aliphatic heterocycles. The van der Waals surface area contributed by atoms with E-state index >= 15 is 0 Å². The largest absolute Gasteiger partial charge is 0.425 e. The van der Waals surface area contributed by atoms with Crippen LogP contribution in [0, 0.1) is 0 Å². The molecular weight excluding hydrogens is 336 g/mol. The summed E-state index contributed by atoms with van der Waals surface area (Å²) in [6, 6.07) is 0. The first-order chi connectivity index (χ1) is 9.08. The van der Waals surface area contributed by atoms with Crippen LogP contribution in [0.15, 0.2) is 0 Å². The Labute approximate surface area is 112 Å². The molecule has 0 aromatic heterocycles. The van der Waals surface area contributed by atoms with E-state index < -0.39 is 43.7 Å². The summed E-state index contributed by atoms with van der Waals surface area (Å²) in [6.07, 6.45) is -12.4. The molecule has 0 aliphatic carbocycles. The third kappa shape index (κ3) is 13.9. The highest BCUT2D eigenvalue weighted by Gasteiger charge is 2.59. The quantitative estimate of drug-likeness (QED) is 0.601. The van der Waals surface area contributed by atoms with Crippen molar-refractivity contribution in [3.05, 3.63) is 0 Å². The van der Waals surface area contributed by atoms with Crippen molar-refractivity contribution in [1.82, 2.24) is 0 Å². The molecule has 0 aromatic rings. The van der Waals surface area contributed by atoms with Gasteiger partial charge in [0.2, 0.25) is 11.6 Å². The van der Waals surface area contributed by atoms with Crippen LogP contribution in [0.1, 0.15) is 13.3 Å². The number of hydrogen-bond acceptors (Lipinski definition) is 0. The fourth-order valence-electron chi connectivity index (χ4n) is 0.715. The molecule has 0 heterocycles. The summed E-state index contributed by atoms with van der Waals surface area (Å²) in [5.41, 5.74) is -4.45. The third-order valence-corrected chi connectivity index (χ3v) is 1.46. The molecule has 0 saturated carbocycles. The second-order valence-corrected chi connectivity index (χ2v) is 3.59. The molecule has 0 fully saturated rings. The standard InChI is InChI=1S/C6H7F7.C2H2F4.CH3F/c1-4(8,9)2-5(10,3-7)6(11,12)13;3-1-2(4,5)6;1-2/h2-3H2,1H3;1H2;1H3. The van der Waals surface area contributed by atoms with Crippen molar-refractivity contribution in [2.45, 2.75) is 37.3 Å². The van der Waals surface area contributed by atoms with Crippen LogP contribution < -0.4 is 0 Å². The maximum atomic E-state index is 12.5. The van der Waals surface area contributed by atoms with Crippen LogP contribution in [-0.2, 0) is 0 Å². The zero-order chi connectivity index (χ0) is 18.1. The van der Waals surface area contributed by atoms with Crippen molar-refractivity contribution in [2.24, 2.45) is 0 Å². The maximum Gasteiger partial charge on any atom is 0.425 e. The van der Waals surface area contributed by atoms with Crippen LogP contribution >= 0.6 is 0 Å². The molecule has 1 atom stereocenters. The molecule has 12 heteroatoms. The molecule has 0 radical (unpaired) electrons. The molecule has 0 saturated heterocycles. The zero-order valence-corrected chi connectivity index (χ0v) is 10.7. The van der Waals surface area contributed by atoms with Gasteiger partial charge in [0, 0.05) is 0 Å². The molecule has 0 rings (SSSR count). The highest BCUT2D eigenvalue weighted by atomic mass is 19.4. The summed E-state index contributed by atoms with van der Waals surface area (Å²) in [5.74, 6) is -3.89. The minimum absolute atomic E-state index is 0.0999.